The molecule has 2 heterocycles. The molecule has 3 rings (SSSR count). The van der Waals surface area contributed by atoms with Gasteiger partial charge in [-0.05, 0) is 50.0 Å². The summed E-state index contributed by atoms with van der Waals surface area (Å²) >= 11 is 3.50. The molecular weight excluding hydrogens is 358 g/mol. The second kappa shape index (κ2) is 8.13. The van der Waals surface area contributed by atoms with E-state index >= 15 is 0 Å². The number of benzene rings is 1. The highest BCUT2D eigenvalue weighted by Crippen LogP contribution is 2.30. The van der Waals surface area contributed by atoms with E-state index in [-0.39, 0.29) is 5.91 Å². The third-order valence-corrected chi connectivity index (χ3v) is 5.02. The Bertz CT molecular complexity index is 541. The lowest BCUT2D eigenvalue weighted by Gasteiger charge is -2.30. The van der Waals surface area contributed by atoms with Crippen LogP contribution in [0, 0.1) is 5.92 Å². The van der Waals surface area contributed by atoms with Gasteiger partial charge in [0.25, 0.3) is 0 Å². The number of hydrogen-bond acceptors (Lipinski definition) is 4. The summed E-state index contributed by atoms with van der Waals surface area (Å²) in [7, 11) is 0. The maximum atomic E-state index is 12.3. The molecule has 2 N–H and O–H groups in total. The van der Waals surface area contributed by atoms with Crippen LogP contribution >= 0.6 is 15.9 Å². The molecule has 1 unspecified atom stereocenters. The molecule has 1 aromatic rings. The first-order valence-corrected chi connectivity index (χ1v) is 9.14. The van der Waals surface area contributed by atoms with Gasteiger partial charge in [0.2, 0.25) is 5.91 Å². The average molecular weight is 382 g/mol. The Labute approximate surface area is 145 Å². The van der Waals surface area contributed by atoms with Crippen molar-refractivity contribution in [1.82, 2.24) is 5.32 Å². The summed E-state index contributed by atoms with van der Waals surface area (Å²) in [5, 5.41) is 6.45. The van der Waals surface area contributed by atoms with Crippen LogP contribution in [0.15, 0.2) is 22.7 Å². The van der Waals surface area contributed by atoms with Crippen molar-refractivity contribution in [2.24, 2.45) is 5.92 Å². The maximum absolute atomic E-state index is 12.3. The van der Waals surface area contributed by atoms with Gasteiger partial charge in [0.15, 0.2) is 0 Å². The van der Waals surface area contributed by atoms with Crippen LogP contribution in [0.5, 0.6) is 0 Å². The van der Waals surface area contributed by atoms with E-state index in [4.69, 9.17) is 4.74 Å². The molecule has 1 aromatic carbocycles. The third-order valence-electron chi connectivity index (χ3n) is 4.53. The molecule has 0 aromatic heterocycles. The van der Waals surface area contributed by atoms with E-state index in [0.717, 1.165) is 61.7 Å². The van der Waals surface area contributed by atoms with Gasteiger partial charge < -0.3 is 20.3 Å². The number of rotatable bonds is 5. The second-order valence-corrected chi connectivity index (χ2v) is 7.12. The van der Waals surface area contributed by atoms with Crippen LogP contribution in [0.4, 0.5) is 11.4 Å². The van der Waals surface area contributed by atoms with E-state index < -0.39 is 0 Å². The van der Waals surface area contributed by atoms with Crippen LogP contribution in [-0.4, -0.2) is 45.3 Å². The number of nitrogens with one attached hydrogen (secondary N) is 2. The third kappa shape index (κ3) is 4.68. The van der Waals surface area contributed by atoms with Crippen LogP contribution in [0.25, 0.3) is 0 Å². The van der Waals surface area contributed by atoms with Gasteiger partial charge in [-0.25, -0.2) is 0 Å². The highest BCUT2D eigenvalue weighted by molar-refractivity contribution is 9.10. The fourth-order valence-electron chi connectivity index (χ4n) is 3.20. The highest BCUT2D eigenvalue weighted by atomic mass is 79.9. The first-order chi connectivity index (χ1) is 11.2. The van der Waals surface area contributed by atoms with Crippen molar-refractivity contribution in [3.63, 3.8) is 0 Å². The SMILES string of the molecule is O=C(CCC1CCNC1)Nc1cc(Br)ccc1N1CCOCC1. The van der Waals surface area contributed by atoms with Crippen LogP contribution in [0.2, 0.25) is 0 Å². The zero-order chi connectivity index (χ0) is 16.1. The molecule has 2 aliphatic heterocycles. The zero-order valence-electron chi connectivity index (χ0n) is 13.3. The Morgan fingerprint density at radius 3 is 2.96 bits per heavy atom. The molecule has 0 radical (unpaired) electrons. The summed E-state index contributed by atoms with van der Waals surface area (Å²) in [6, 6.07) is 6.07. The van der Waals surface area contributed by atoms with E-state index in [2.05, 4.69) is 37.5 Å². The summed E-state index contributed by atoms with van der Waals surface area (Å²) in [6.07, 6.45) is 2.73. The number of nitrogens with zero attached hydrogens (tertiary/aromatic N) is 1. The van der Waals surface area contributed by atoms with Crippen molar-refractivity contribution >= 4 is 33.2 Å². The Balaban J connectivity index is 1.63. The largest absolute Gasteiger partial charge is 0.378 e. The number of morpholine rings is 1. The fourth-order valence-corrected chi connectivity index (χ4v) is 3.56. The standard InChI is InChI=1S/C17H24BrN3O2/c18-14-2-3-16(21-7-9-23-10-8-21)15(11-14)20-17(22)4-1-13-5-6-19-12-13/h2-3,11,13,19H,1,4-10,12H2,(H,20,22). The highest BCUT2D eigenvalue weighted by Gasteiger charge is 2.18. The Hall–Kier alpha value is -1.11. The quantitative estimate of drug-likeness (QED) is 0.822. The van der Waals surface area contributed by atoms with Crippen molar-refractivity contribution in [3.05, 3.63) is 22.7 Å². The fraction of sp³-hybridized carbons (Fsp3) is 0.588. The molecule has 2 saturated heterocycles. The topological polar surface area (TPSA) is 53.6 Å². The molecule has 5 nitrogen and oxygen atoms in total. The molecule has 0 saturated carbocycles. The normalized spacial score (nSPS) is 21.4. The molecule has 126 valence electrons. The van der Waals surface area contributed by atoms with E-state index in [0.29, 0.717) is 12.3 Å². The van der Waals surface area contributed by atoms with Crippen molar-refractivity contribution in [3.8, 4) is 0 Å². The van der Waals surface area contributed by atoms with E-state index in [1.165, 1.54) is 6.42 Å². The van der Waals surface area contributed by atoms with E-state index in [1.54, 1.807) is 0 Å². The Kier molecular flexibility index (Phi) is 5.91. The summed E-state index contributed by atoms with van der Waals surface area (Å²) in [4.78, 5) is 14.6. The van der Waals surface area contributed by atoms with Crippen molar-refractivity contribution in [1.29, 1.82) is 0 Å². The van der Waals surface area contributed by atoms with E-state index in [9.17, 15) is 4.79 Å². The lowest BCUT2D eigenvalue weighted by Crippen LogP contribution is -2.36. The number of halogens is 1. The van der Waals surface area contributed by atoms with Crippen LogP contribution < -0.4 is 15.5 Å². The molecule has 6 heteroatoms. The monoisotopic (exact) mass is 381 g/mol. The van der Waals surface area contributed by atoms with Gasteiger partial charge in [0, 0.05) is 24.0 Å². The van der Waals surface area contributed by atoms with Gasteiger partial charge in [-0.2, -0.15) is 0 Å². The summed E-state index contributed by atoms with van der Waals surface area (Å²) in [5.41, 5.74) is 1.96. The van der Waals surface area contributed by atoms with Crippen LogP contribution in [-0.2, 0) is 9.53 Å². The summed E-state index contributed by atoms with van der Waals surface area (Å²) in [6.45, 7) is 5.31. The smallest absolute Gasteiger partial charge is 0.224 e. The summed E-state index contributed by atoms with van der Waals surface area (Å²) < 4.78 is 6.39. The minimum absolute atomic E-state index is 0.101. The minimum Gasteiger partial charge on any atom is -0.378 e. The molecule has 23 heavy (non-hydrogen) atoms. The second-order valence-electron chi connectivity index (χ2n) is 6.21. The molecule has 1 amide bonds. The lowest BCUT2D eigenvalue weighted by molar-refractivity contribution is -0.116. The molecule has 0 spiro atoms. The molecule has 0 bridgehead atoms. The van der Waals surface area contributed by atoms with Gasteiger partial charge in [-0.1, -0.05) is 15.9 Å². The van der Waals surface area contributed by atoms with Gasteiger partial charge in [-0.3, -0.25) is 4.79 Å². The molecular formula is C17H24BrN3O2. The summed E-state index contributed by atoms with van der Waals surface area (Å²) in [5.74, 6) is 0.742. The van der Waals surface area contributed by atoms with Gasteiger partial charge in [-0.15, -0.1) is 0 Å². The van der Waals surface area contributed by atoms with Gasteiger partial charge in [0.1, 0.15) is 0 Å². The molecule has 1 atom stereocenters. The van der Waals surface area contributed by atoms with Crippen LogP contribution in [0.1, 0.15) is 19.3 Å². The predicted octanol–water partition coefficient (Wildman–Crippen LogP) is 2.61. The number of carbonyl (C=O) groups excluding carboxylic acids is 1. The molecule has 0 aliphatic carbocycles. The number of carbonyl (C=O) groups is 1. The first kappa shape index (κ1) is 16.7. The number of ether oxygens (including phenoxy) is 1. The van der Waals surface area contributed by atoms with Crippen molar-refractivity contribution in [2.45, 2.75) is 19.3 Å². The maximum Gasteiger partial charge on any atom is 0.224 e. The minimum atomic E-state index is 0.101. The number of hydrogen-bond donors (Lipinski definition) is 2. The van der Waals surface area contributed by atoms with Gasteiger partial charge in [0.05, 0.1) is 24.6 Å². The van der Waals surface area contributed by atoms with Crippen LogP contribution in [0.3, 0.4) is 0 Å². The van der Waals surface area contributed by atoms with Crippen molar-refractivity contribution in [2.75, 3.05) is 49.6 Å². The molecule has 2 aliphatic rings. The lowest BCUT2D eigenvalue weighted by atomic mass is 10.0. The van der Waals surface area contributed by atoms with Gasteiger partial charge >= 0.3 is 0 Å². The average Bonchev–Trinajstić information content (AvgIpc) is 3.07. The predicted molar refractivity (Wildman–Crippen MR) is 96.0 cm³/mol. The van der Waals surface area contributed by atoms with Crippen molar-refractivity contribution < 1.29 is 9.53 Å². The first-order valence-electron chi connectivity index (χ1n) is 8.35. The number of amides is 1. The molecule has 2 fully saturated rings. The Morgan fingerprint density at radius 1 is 1.39 bits per heavy atom. The number of anilines is 2. The Morgan fingerprint density at radius 2 is 2.22 bits per heavy atom. The zero-order valence-corrected chi connectivity index (χ0v) is 14.9. The van der Waals surface area contributed by atoms with E-state index in [1.807, 2.05) is 12.1 Å².